The van der Waals surface area contributed by atoms with Gasteiger partial charge in [-0.1, -0.05) is 55.9 Å². The van der Waals surface area contributed by atoms with Crippen molar-refractivity contribution in [3.05, 3.63) is 48.4 Å². The molecule has 0 aliphatic heterocycles. The van der Waals surface area contributed by atoms with Gasteiger partial charge in [-0.05, 0) is 18.5 Å². The van der Waals surface area contributed by atoms with E-state index in [1.54, 1.807) is 24.2 Å². The molecule has 0 amide bonds. The van der Waals surface area contributed by atoms with E-state index in [0.717, 1.165) is 5.22 Å². The van der Waals surface area contributed by atoms with Gasteiger partial charge in [0.05, 0.1) is 6.20 Å². The van der Waals surface area contributed by atoms with Crippen LogP contribution in [0.3, 0.4) is 0 Å². The first-order chi connectivity index (χ1) is 9.22. The Kier molecular flexibility index (Phi) is 5.05. The second kappa shape index (κ2) is 6.78. The average Bonchev–Trinajstić information content (AvgIpc) is 2.92. The third-order valence-corrected chi connectivity index (χ3v) is 4.59. The molecule has 0 saturated carbocycles. The number of hydrogen-bond acceptors (Lipinski definition) is 4. The summed E-state index contributed by atoms with van der Waals surface area (Å²) in [6.45, 7) is 4.46. The molecule has 102 valence electrons. The maximum atomic E-state index is 5.37. The van der Waals surface area contributed by atoms with Crippen molar-refractivity contribution in [1.29, 1.82) is 0 Å². The summed E-state index contributed by atoms with van der Waals surface area (Å²) in [6.07, 6.45) is 3.31. The highest BCUT2D eigenvalue weighted by Gasteiger charge is 2.27. The van der Waals surface area contributed by atoms with Crippen LogP contribution in [0.5, 0.6) is 0 Å². The predicted octanol–water partition coefficient (Wildman–Crippen LogP) is 3.75. The first-order valence-corrected chi connectivity index (χ1v) is 7.38. The highest BCUT2D eigenvalue weighted by atomic mass is 32.2. The maximum absolute atomic E-state index is 5.37. The molecular formula is C15H20N2OS. The van der Waals surface area contributed by atoms with Crippen molar-refractivity contribution < 1.29 is 4.42 Å². The smallest absolute Gasteiger partial charge is 0.255 e. The van der Waals surface area contributed by atoms with Crippen LogP contribution in [0.4, 0.5) is 0 Å². The minimum Gasteiger partial charge on any atom is -0.440 e. The van der Waals surface area contributed by atoms with Crippen molar-refractivity contribution in [3.8, 4) is 0 Å². The van der Waals surface area contributed by atoms with E-state index in [4.69, 9.17) is 4.42 Å². The molecule has 2 rings (SSSR count). The molecule has 0 aliphatic rings. The van der Waals surface area contributed by atoms with Gasteiger partial charge in [0.2, 0.25) is 0 Å². The normalized spacial score (nSPS) is 14.5. The Labute approximate surface area is 118 Å². The fourth-order valence-electron chi connectivity index (χ4n) is 2.15. The maximum Gasteiger partial charge on any atom is 0.255 e. The molecule has 19 heavy (non-hydrogen) atoms. The van der Waals surface area contributed by atoms with Gasteiger partial charge in [-0.2, -0.15) is 0 Å². The van der Waals surface area contributed by atoms with Crippen molar-refractivity contribution in [2.45, 2.75) is 30.4 Å². The summed E-state index contributed by atoms with van der Waals surface area (Å²) in [5.74, 6) is 0.509. The molecule has 0 radical (unpaired) electrons. The quantitative estimate of drug-likeness (QED) is 0.815. The Hall–Kier alpha value is -1.26. The molecule has 0 aliphatic carbocycles. The van der Waals surface area contributed by atoms with Crippen LogP contribution in [0.1, 0.15) is 25.5 Å². The number of oxazole rings is 1. The Bertz CT molecular complexity index is 470. The summed E-state index contributed by atoms with van der Waals surface area (Å²) in [4.78, 5) is 4.22. The molecule has 3 nitrogen and oxygen atoms in total. The minimum absolute atomic E-state index is 0.276. The zero-order chi connectivity index (χ0) is 13.7. The molecule has 0 spiro atoms. The summed E-state index contributed by atoms with van der Waals surface area (Å²) in [6, 6.07) is 10.8. The van der Waals surface area contributed by atoms with Crippen LogP contribution < -0.4 is 5.32 Å². The van der Waals surface area contributed by atoms with Crippen LogP contribution >= 0.6 is 11.8 Å². The van der Waals surface area contributed by atoms with Crippen molar-refractivity contribution in [1.82, 2.24) is 10.3 Å². The zero-order valence-corrected chi connectivity index (χ0v) is 12.4. The molecule has 2 atom stereocenters. The first-order valence-electron chi connectivity index (χ1n) is 6.50. The second-order valence-corrected chi connectivity index (χ2v) is 5.93. The van der Waals surface area contributed by atoms with Gasteiger partial charge in [0.1, 0.15) is 6.26 Å². The number of benzene rings is 1. The van der Waals surface area contributed by atoms with Gasteiger partial charge in [0.25, 0.3) is 5.22 Å². The summed E-state index contributed by atoms with van der Waals surface area (Å²) in [7, 11) is 2.00. The molecular weight excluding hydrogens is 256 g/mol. The first kappa shape index (κ1) is 14.2. The van der Waals surface area contributed by atoms with Crippen molar-refractivity contribution in [2.24, 2.45) is 5.92 Å². The van der Waals surface area contributed by atoms with E-state index in [-0.39, 0.29) is 6.04 Å². The molecule has 1 N–H and O–H groups in total. The summed E-state index contributed by atoms with van der Waals surface area (Å²) in [5.41, 5.74) is 1.29. The van der Waals surface area contributed by atoms with Crippen LogP contribution in [0.25, 0.3) is 0 Å². The van der Waals surface area contributed by atoms with Crippen molar-refractivity contribution in [2.75, 3.05) is 7.05 Å². The van der Waals surface area contributed by atoms with Crippen LogP contribution in [-0.4, -0.2) is 17.3 Å². The van der Waals surface area contributed by atoms with Gasteiger partial charge in [0.15, 0.2) is 0 Å². The Morgan fingerprint density at radius 2 is 1.95 bits per heavy atom. The van der Waals surface area contributed by atoms with E-state index in [9.17, 15) is 0 Å². The highest BCUT2D eigenvalue weighted by molar-refractivity contribution is 7.99. The van der Waals surface area contributed by atoms with E-state index in [1.165, 1.54) is 5.56 Å². The Morgan fingerprint density at radius 3 is 2.47 bits per heavy atom. The zero-order valence-electron chi connectivity index (χ0n) is 11.5. The van der Waals surface area contributed by atoms with Gasteiger partial charge < -0.3 is 9.73 Å². The number of aromatic nitrogens is 1. The van der Waals surface area contributed by atoms with Crippen LogP contribution in [0, 0.1) is 5.92 Å². The lowest BCUT2D eigenvalue weighted by atomic mass is 9.96. The van der Waals surface area contributed by atoms with E-state index >= 15 is 0 Å². The molecule has 1 aromatic heterocycles. The number of rotatable bonds is 6. The molecule has 2 unspecified atom stereocenters. The monoisotopic (exact) mass is 276 g/mol. The highest BCUT2D eigenvalue weighted by Crippen LogP contribution is 2.35. The third-order valence-electron chi connectivity index (χ3n) is 3.10. The van der Waals surface area contributed by atoms with Crippen molar-refractivity contribution in [3.63, 3.8) is 0 Å². The number of hydrogen-bond donors (Lipinski definition) is 1. The van der Waals surface area contributed by atoms with E-state index < -0.39 is 0 Å². The lowest BCUT2D eigenvalue weighted by Gasteiger charge is -2.28. The van der Waals surface area contributed by atoms with Gasteiger partial charge in [-0.3, -0.25) is 0 Å². The minimum atomic E-state index is 0.276. The summed E-state index contributed by atoms with van der Waals surface area (Å²) < 4.78 is 5.37. The lowest BCUT2D eigenvalue weighted by Crippen LogP contribution is -2.31. The average molecular weight is 276 g/mol. The number of nitrogens with zero attached hydrogens (tertiary/aromatic N) is 1. The lowest BCUT2D eigenvalue weighted by molar-refractivity contribution is 0.437. The van der Waals surface area contributed by atoms with Crippen LogP contribution in [-0.2, 0) is 0 Å². The fraction of sp³-hybridized carbons (Fsp3) is 0.400. The Morgan fingerprint density at radius 1 is 1.21 bits per heavy atom. The van der Waals surface area contributed by atoms with Gasteiger partial charge in [0, 0.05) is 11.3 Å². The molecule has 0 fully saturated rings. The topological polar surface area (TPSA) is 38.1 Å². The van der Waals surface area contributed by atoms with Gasteiger partial charge >= 0.3 is 0 Å². The second-order valence-electron chi connectivity index (χ2n) is 4.80. The standard InChI is InChI=1S/C15H20N2OS/c1-11(2)14(19-15-17-9-10-18-15)13(16-3)12-7-5-4-6-8-12/h4-11,13-14,16H,1-3H3. The van der Waals surface area contributed by atoms with Gasteiger partial charge in [-0.25, -0.2) is 4.98 Å². The SMILES string of the molecule is CNC(c1ccccc1)C(Sc1ncco1)C(C)C. The van der Waals surface area contributed by atoms with Crippen molar-refractivity contribution >= 4 is 11.8 Å². The van der Waals surface area contributed by atoms with Gasteiger partial charge in [-0.15, -0.1) is 0 Å². The molecule has 1 heterocycles. The molecule has 2 aromatic rings. The summed E-state index contributed by atoms with van der Waals surface area (Å²) in [5, 5.41) is 4.52. The molecule has 1 aromatic carbocycles. The Balaban J connectivity index is 2.21. The third kappa shape index (κ3) is 3.61. The molecule has 0 bridgehead atoms. The fourth-order valence-corrected chi connectivity index (χ4v) is 3.32. The van der Waals surface area contributed by atoms with E-state index in [2.05, 4.69) is 48.4 Å². The number of nitrogens with one attached hydrogen (secondary N) is 1. The van der Waals surface area contributed by atoms with E-state index in [1.807, 2.05) is 13.1 Å². The van der Waals surface area contributed by atoms with Crippen LogP contribution in [0.2, 0.25) is 0 Å². The predicted molar refractivity (Wildman–Crippen MR) is 79.2 cm³/mol. The van der Waals surface area contributed by atoms with E-state index in [0.29, 0.717) is 11.2 Å². The van der Waals surface area contributed by atoms with Crippen LogP contribution in [0.15, 0.2) is 52.4 Å². The molecule has 0 saturated heterocycles. The number of thioether (sulfide) groups is 1. The molecule has 4 heteroatoms. The summed E-state index contributed by atoms with van der Waals surface area (Å²) >= 11 is 1.69. The largest absolute Gasteiger partial charge is 0.440 e.